The maximum absolute atomic E-state index is 14.6. The average Bonchev–Trinajstić information content (AvgIpc) is 4.05. The molecule has 5 atom stereocenters. The van der Waals surface area contributed by atoms with Crippen LogP contribution in [0.5, 0.6) is 0 Å². The molecule has 4 aromatic rings. The third kappa shape index (κ3) is 9.47. The van der Waals surface area contributed by atoms with Crippen molar-refractivity contribution >= 4 is 52.0 Å². The van der Waals surface area contributed by atoms with Gasteiger partial charge in [-0.05, 0) is 75.3 Å². The summed E-state index contributed by atoms with van der Waals surface area (Å²) in [5.41, 5.74) is 8.60. The number of hydrogen-bond acceptors (Lipinski definition) is 12. The number of likely N-dealkylation sites (N-methyl/N-ethyl adjacent to an activating group) is 1. The molecule has 0 spiro atoms. The summed E-state index contributed by atoms with van der Waals surface area (Å²) < 4.78 is 14.1. The average molecular weight is 896 g/mol. The molecule has 2 fully saturated rings. The minimum absolute atomic E-state index is 0.0548. The number of ether oxygens (including phenoxy) is 2. The predicted molar refractivity (Wildman–Crippen MR) is 243 cm³/mol. The minimum atomic E-state index is -1.10. The minimum Gasteiger partial charge on any atom is -0.464 e. The van der Waals surface area contributed by atoms with Crippen molar-refractivity contribution in [2.45, 2.75) is 104 Å². The van der Waals surface area contributed by atoms with Crippen molar-refractivity contribution in [3.8, 4) is 22.5 Å². The maximum atomic E-state index is 14.6. The maximum Gasteiger partial charge on any atom is 0.324 e. The normalized spacial score (nSPS) is 21.3. The molecule has 342 valence electrons. The lowest BCUT2D eigenvalue weighted by atomic mass is 9.84. The highest BCUT2D eigenvalue weighted by atomic mass is 32.1. The number of hydrazine groups is 1. The van der Waals surface area contributed by atoms with Gasteiger partial charge < -0.3 is 29.2 Å². The molecule has 0 saturated carbocycles. The van der Waals surface area contributed by atoms with Gasteiger partial charge in [-0.3, -0.25) is 34.0 Å². The number of amides is 4. The molecule has 2 saturated heterocycles. The number of rotatable bonds is 10. The number of thiazole rings is 1. The van der Waals surface area contributed by atoms with E-state index in [2.05, 4.69) is 54.8 Å². The van der Waals surface area contributed by atoms with Crippen molar-refractivity contribution in [1.82, 2.24) is 45.1 Å². The highest BCUT2D eigenvalue weighted by molar-refractivity contribution is 7.10. The molecule has 3 aliphatic rings. The van der Waals surface area contributed by atoms with Crippen LogP contribution in [0.1, 0.15) is 83.2 Å². The predicted octanol–water partition coefficient (Wildman–Crippen LogP) is 5.12. The molecule has 0 aliphatic carbocycles. The van der Waals surface area contributed by atoms with Crippen LogP contribution in [0.15, 0.2) is 48.6 Å². The third-order valence-corrected chi connectivity index (χ3v) is 13.5. The van der Waals surface area contributed by atoms with E-state index >= 15 is 0 Å². The fourth-order valence-electron chi connectivity index (χ4n) is 9.29. The number of carbonyl (C=O) groups is 5. The van der Waals surface area contributed by atoms with Gasteiger partial charge in [-0.2, -0.15) is 0 Å². The topological polar surface area (TPSA) is 181 Å². The molecule has 7 rings (SSSR count). The number of hydrogen-bond donors (Lipinski definition) is 2. The van der Waals surface area contributed by atoms with Crippen LogP contribution >= 0.6 is 11.3 Å². The summed E-state index contributed by atoms with van der Waals surface area (Å²) in [4.78, 5) is 86.8. The van der Waals surface area contributed by atoms with Crippen LogP contribution < -0.4 is 10.7 Å². The highest BCUT2D eigenvalue weighted by Gasteiger charge is 2.40. The Morgan fingerprint density at radius 1 is 1.17 bits per heavy atom. The monoisotopic (exact) mass is 895 g/mol. The van der Waals surface area contributed by atoms with Crippen molar-refractivity contribution in [1.29, 1.82) is 0 Å². The molecular formula is C47H61N9O7S. The van der Waals surface area contributed by atoms with Gasteiger partial charge in [-0.1, -0.05) is 34.3 Å². The van der Waals surface area contributed by atoms with E-state index < -0.39 is 47.2 Å². The first-order chi connectivity index (χ1) is 30.5. The molecule has 16 nitrogen and oxygen atoms in total. The van der Waals surface area contributed by atoms with E-state index in [-0.39, 0.29) is 43.4 Å². The Bertz CT molecular complexity index is 2430. The molecule has 7 heterocycles. The van der Waals surface area contributed by atoms with Gasteiger partial charge in [0.05, 0.1) is 40.7 Å². The summed E-state index contributed by atoms with van der Waals surface area (Å²) >= 11 is 1.38. The van der Waals surface area contributed by atoms with Crippen LogP contribution in [0.25, 0.3) is 33.5 Å². The lowest BCUT2D eigenvalue weighted by Gasteiger charge is -2.36. The summed E-state index contributed by atoms with van der Waals surface area (Å²) in [5, 5.41) is 7.88. The van der Waals surface area contributed by atoms with E-state index in [1.54, 1.807) is 25.3 Å². The van der Waals surface area contributed by atoms with Crippen LogP contribution in [-0.2, 0) is 52.8 Å². The molecule has 6 bridgehead atoms. The summed E-state index contributed by atoms with van der Waals surface area (Å²) in [6.45, 7) is 17.2. The standard InChI is InChI=1S/C47H61N9O7S/c1-10-38(57)54-19-16-29(24-54)44(59)53(8)40(27(3)4)43(58)51-35-21-37-50-36(25-64-37)30-20-32-33(22-47(6,7)26-63-46(61)34-15-13-18-56(52-34)45(35)60)41(55(11-2)42(32)49-23-30)31-14-12-17-48-39(31)28(5)62-9/h10,12,14,17,20,23,25,27-29,34-35,40,52H,1,11,13,15-16,18-19,21-22,24,26H2,2-9H3,(H,51,58)/t28-,29-,34-,35-,40-/m0/s1. The van der Waals surface area contributed by atoms with Gasteiger partial charge in [0.2, 0.25) is 17.7 Å². The molecular weight excluding hydrogens is 835 g/mol. The zero-order chi connectivity index (χ0) is 46.0. The van der Waals surface area contributed by atoms with E-state index in [1.807, 2.05) is 38.4 Å². The molecule has 17 heteroatoms. The summed E-state index contributed by atoms with van der Waals surface area (Å²) in [5.74, 6) is -2.69. The number of esters is 1. The van der Waals surface area contributed by atoms with Crippen LogP contribution in [-0.4, -0.2) is 122 Å². The first-order valence-electron chi connectivity index (χ1n) is 22.2. The lowest BCUT2D eigenvalue weighted by Crippen LogP contribution is -2.62. The first kappa shape index (κ1) is 46.5. The molecule has 3 aliphatic heterocycles. The van der Waals surface area contributed by atoms with Gasteiger partial charge >= 0.3 is 5.97 Å². The van der Waals surface area contributed by atoms with Crippen molar-refractivity contribution < 1.29 is 33.4 Å². The van der Waals surface area contributed by atoms with E-state index in [1.165, 1.54) is 27.3 Å². The van der Waals surface area contributed by atoms with Crippen LogP contribution in [0.3, 0.4) is 0 Å². The molecule has 0 unspecified atom stereocenters. The Morgan fingerprint density at radius 2 is 1.95 bits per heavy atom. The van der Waals surface area contributed by atoms with E-state index in [0.717, 1.165) is 39.1 Å². The molecule has 4 aromatic heterocycles. The summed E-state index contributed by atoms with van der Waals surface area (Å²) in [7, 11) is 3.26. The zero-order valence-corrected chi connectivity index (χ0v) is 39.0. The molecule has 2 N–H and O–H groups in total. The third-order valence-electron chi connectivity index (χ3n) is 12.7. The van der Waals surface area contributed by atoms with Crippen molar-refractivity contribution in [3.63, 3.8) is 0 Å². The second-order valence-electron chi connectivity index (χ2n) is 18.2. The van der Waals surface area contributed by atoms with E-state index in [9.17, 15) is 24.0 Å². The number of pyridine rings is 2. The van der Waals surface area contributed by atoms with Crippen LogP contribution in [0.2, 0.25) is 0 Å². The molecule has 0 radical (unpaired) electrons. The van der Waals surface area contributed by atoms with Gasteiger partial charge in [-0.25, -0.2) is 15.4 Å². The summed E-state index contributed by atoms with van der Waals surface area (Å²) in [6.07, 6.45) is 6.60. The largest absolute Gasteiger partial charge is 0.464 e. The van der Waals surface area contributed by atoms with Gasteiger partial charge in [0.1, 0.15) is 23.8 Å². The van der Waals surface area contributed by atoms with Crippen molar-refractivity contribution in [2.24, 2.45) is 17.3 Å². The Hall–Kier alpha value is -5.52. The Kier molecular flexibility index (Phi) is 14.0. The first-order valence-corrected chi connectivity index (χ1v) is 23.1. The van der Waals surface area contributed by atoms with Gasteiger partial charge in [0, 0.05) is 86.5 Å². The molecule has 0 aromatic carbocycles. The number of methoxy groups -OCH3 is 1. The lowest BCUT2D eigenvalue weighted by molar-refractivity contribution is -0.155. The number of likely N-dealkylation sites (tertiary alicyclic amines) is 1. The van der Waals surface area contributed by atoms with Crippen LogP contribution in [0.4, 0.5) is 0 Å². The molecule has 64 heavy (non-hydrogen) atoms. The second kappa shape index (κ2) is 19.3. The van der Waals surface area contributed by atoms with Crippen molar-refractivity contribution in [2.75, 3.05) is 40.4 Å². The number of nitrogens with zero attached hydrogens (tertiary/aromatic N) is 7. The fourth-order valence-corrected chi connectivity index (χ4v) is 10.1. The van der Waals surface area contributed by atoms with Crippen LogP contribution in [0, 0.1) is 17.3 Å². The number of cyclic esters (lactones) is 1. The highest BCUT2D eigenvalue weighted by Crippen LogP contribution is 2.41. The number of aromatic nitrogens is 4. The van der Waals surface area contributed by atoms with Gasteiger partial charge in [-0.15, -0.1) is 11.3 Å². The van der Waals surface area contributed by atoms with Gasteiger partial charge in [0.25, 0.3) is 5.91 Å². The van der Waals surface area contributed by atoms with E-state index in [4.69, 9.17) is 24.4 Å². The Balaban J connectivity index is 1.27. The SMILES string of the molecule is C=CC(=O)N1CC[C@H](C(=O)N(C)[C@H](C(=O)N[C@H]2Cc3nc(cs3)-c3cnc4c(c3)c(c(-c3cccnc3[C@H](C)OC)n4CC)CC(C)(C)COC(=O)[C@@H]3CCCN(N3)C2=O)C(C)C)C1. The summed E-state index contributed by atoms with van der Waals surface area (Å²) in [6, 6.07) is 3.29. The Labute approximate surface area is 378 Å². The number of fused-ring (bicyclic) bond motifs is 6. The Morgan fingerprint density at radius 3 is 2.67 bits per heavy atom. The van der Waals surface area contributed by atoms with Crippen molar-refractivity contribution in [3.05, 3.63) is 64.9 Å². The molecule has 4 amide bonds. The smallest absolute Gasteiger partial charge is 0.324 e. The zero-order valence-electron chi connectivity index (χ0n) is 38.2. The van der Waals surface area contributed by atoms with E-state index in [0.29, 0.717) is 56.0 Å². The number of nitrogens with one attached hydrogen (secondary N) is 2. The quantitative estimate of drug-likeness (QED) is 0.160. The number of carbonyl (C=O) groups excluding carboxylic acids is 5. The number of aryl methyl sites for hydroxylation is 1. The van der Waals surface area contributed by atoms with Gasteiger partial charge in [0.15, 0.2) is 0 Å². The fraction of sp³-hybridized carbons (Fsp3) is 0.532. The second-order valence-corrected chi connectivity index (χ2v) is 19.2.